The highest BCUT2D eigenvalue weighted by molar-refractivity contribution is 7.15. The van der Waals surface area contributed by atoms with E-state index in [1.165, 1.54) is 16.2 Å². The van der Waals surface area contributed by atoms with Crippen LogP contribution in [-0.4, -0.2) is 16.1 Å². The molecule has 0 saturated heterocycles. The zero-order valence-electron chi connectivity index (χ0n) is 15.5. The maximum Gasteiger partial charge on any atom is 0.297 e. The van der Waals surface area contributed by atoms with Crippen molar-refractivity contribution in [1.82, 2.24) is 10.2 Å². The van der Waals surface area contributed by atoms with Crippen LogP contribution >= 0.6 is 22.9 Å². The number of carbonyl (C=O) groups excluding carboxylic acids is 1. The molecule has 0 aliphatic carbocycles. The average Bonchev–Trinajstić information content (AvgIpc) is 3.24. The number of hydrogen-bond donors (Lipinski definition) is 0. The van der Waals surface area contributed by atoms with Gasteiger partial charge in [-0.25, -0.2) is 0 Å². The third kappa shape index (κ3) is 2.77. The Bertz CT molecular complexity index is 1360. The molecule has 1 aliphatic rings. The minimum absolute atomic E-state index is 0.0316. The van der Waals surface area contributed by atoms with E-state index >= 15 is 0 Å². The van der Waals surface area contributed by atoms with E-state index in [9.17, 15) is 9.59 Å². The van der Waals surface area contributed by atoms with Crippen LogP contribution in [0.1, 0.15) is 38.3 Å². The van der Waals surface area contributed by atoms with Gasteiger partial charge >= 0.3 is 0 Å². The Morgan fingerprint density at radius 3 is 2.66 bits per heavy atom. The number of carbonyl (C=O) groups is 1. The van der Waals surface area contributed by atoms with Gasteiger partial charge in [0, 0.05) is 5.02 Å². The van der Waals surface area contributed by atoms with E-state index < -0.39 is 11.9 Å². The molecule has 0 radical (unpaired) electrons. The molecule has 0 saturated carbocycles. The summed E-state index contributed by atoms with van der Waals surface area (Å²) in [4.78, 5) is 28.3. The number of hydrogen-bond acceptors (Lipinski definition) is 6. The van der Waals surface area contributed by atoms with E-state index in [4.69, 9.17) is 16.0 Å². The molecule has 144 valence electrons. The predicted molar refractivity (Wildman–Crippen MR) is 112 cm³/mol. The quantitative estimate of drug-likeness (QED) is 0.468. The van der Waals surface area contributed by atoms with Crippen molar-refractivity contribution in [3.05, 3.63) is 85.2 Å². The van der Waals surface area contributed by atoms with Gasteiger partial charge in [-0.1, -0.05) is 46.7 Å². The SMILES string of the molecule is Cc1ccc2oc3c(c(=O)c2c1)[C@H](c1cccc(Cl)c1)N(c1nnc(C)s1)C3=O. The lowest BCUT2D eigenvalue weighted by molar-refractivity contribution is 0.0970. The fourth-order valence-electron chi connectivity index (χ4n) is 3.66. The Hall–Kier alpha value is -3.03. The van der Waals surface area contributed by atoms with Gasteiger partial charge in [0.2, 0.25) is 10.9 Å². The fraction of sp³-hybridized carbons (Fsp3) is 0.143. The second kappa shape index (κ2) is 6.50. The first-order valence-electron chi connectivity index (χ1n) is 8.90. The van der Waals surface area contributed by atoms with Crippen molar-refractivity contribution in [2.75, 3.05) is 4.90 Å². The third-order valence-electron chi connectivity index (χ3n) is 4.91. The number of aromatic nitrogens is 2. The van der Waals surface area contributed by atoms with E-state index in [0.717, 1.165) is 5.56 Å². The smallest absolute Gasteiger partial charge is 0.297 e. The van der Waals surface area contributed by atoms with Crippen molar-refractivity contribution in [3.8, 4) is 0 Å². The molecule has 1 atom stereocenters. The summed E-state index contributed by atoms with van der Waals surface area (Å²) in [5.74, 6) is -0.384. The maximum absolute atomic E-state index is 13.5. The maximum atomic E-state index is 13.5. The molecular formula is C21H14ClN3O3S. The van der Waals surface area contributed by atoms with Crippen molar-refractivity contribution >= 4 is 44.9 Å². The summed E-state index contributed by atoms with van der Waals surface area (Å²) in [7, 11) is 0. The summed E-state index contributed by atoms with van der Waals surface area (Å²) >= 11 is 7.49. The van der Waals surface area contributed by atoms with Gasteiger partial charge in [0.15, 0.2) is 5.43 Å². The molecule has 29 heavy (non-hydrogen) atoms. The molecule has 2 aromatic heterocycles. The zero-order chi connectivity index (χ0) is 20.3. The lowest BCUT2D eigenvalue weighted by Crippen LogP contribution is -2.29. The highest BCUT2D eigenvalue weighted by Gasteiger charge is 2.45. The van der Waals surface area contributed by atoms with Gasteiger partial charge in [-0.05, 0) is 43.7 Å². The topological polar surface area (TPSA) is 76.3 Å². The molecule has 1 aliphatic heterocycles. The summed E-state index contributed by atoms with van der Waals surface area (Å²) in [5, 5.41) is 10.3. The first-order chi connectivity index (χ1) is 13.9. The first kappa shape index (κ1) is 18.0. The van der Waals surface area contributed by atoms with Crippen LogP contribution < -0.4 is 10.3 Å². The van der Waals surface area contributed by atoms with Gasteiger partial charge in [0.25, 0.3) is 5.91 Å². The Balaban J connectivity index is 1.84. The number of halogens is 1. The number of fused-ring (bicyclic) bond motifs is 2. The minimum Gasteiger partial charge on any atom is -0.450 e. The van der Waals surface area contributed by atoms with E-state index in [-0.39, 0.29) is 11.2 Å². The average molecular weight is 424 g/mol. The monoisotopic (exact) mass is 423 g/mol. The molecule has 5 rings (SSSR count). The molecule has 6 nitrogen and oxygen atoms in total. The van der Waals surface area contributed by atoms with Crippen LogP contribution in [-0.2, 0) is 0 Å². The van der Waals surface area contributed by atoms with Crippen LogP contribution in [0.3, 0.4) is 0 Å². The normalized spacial score (nSPS) is 15.9. The highest BCUT2D eigenvalue weighted by atomic mass is 35.5. The van der Waals surface area contributed by atoms with Crippen LogP contribution in [0.2, 0.25) is 5.02 Å². The largest absolute Gasteiger partial charge is 0.450 e. The van der Waals surface area contributed by atoms with E-state index in [1.807, 2.05) is 26.0 Å². The number of nitrogens with zero attached hydrogens (tertiary/aromatic N) is 3. The standard InChI is InChI=1S/C21H14ClN3O3S/c1-10-6-7-15-14(8-10)18(26)16-17(12-4-3-5-13(22)9-12)25(20(27)19(16)28-15)21-24-23-11(2)29-21/h3-9,17H,1-2H3/t17-/m0/s1. The van der Waals surface area contributed by atoms with Crippen LogP contribution in [0.15, 0.2) is 51.7 Å². The zero-order valence-corrected chi connectivity index (χ0v) is 17.0. The molecule has 0 fully saturated rings. The van der Waals surface area contributed by atoms with E-state index in [0.29, 0.717) is 37.3 Å². The Morgan fingerprint density at radius 2 is 1.93 bits per heavy atom. The van der Waals surface area contributed by atoms with Gasteiger partial charge in [-0.3, -0.25) is 14.5 Å². The lowest BCUT2D eigenvalue weighted by atomic mass is 9.98. The highest BCUT2D eigenvalue weighted by Crippen LogP contribution is 2.42. The molecular weight excluding hydrogens is 410 g/mol. The van der Waals surface area contributed by atoms with Gasteiger partial charge in [0.1, 0.15) is 10.6 Å². The Labute approximate surface area is 174 Å². The van der Waals surface area contributed by atoms with Gasteiger partial charge in [-0.2, -0.15) is 0 Å². The van der Waals surface area contributed by atoms with E-state index in [2.05, 4.69) is 10.2 Å². The summed E-state index contributed by atoms with van der Waals surface area (Å²) in [5.41, 5.74) is 2.09. The fourth-order valence-corrected chi connectivity index (χ4v) is 4.57. The van der Waals surface area contributed by atoms with Gasteiger partial charge in [-0.15, -0.1) is 10.2 Å². The van der Waals surface area contributed by atoms with Crippen LogP contribution in [0.4, 0.5) is 5.13 Å². The number of aryl methyl sites for hydroxylation is 2. The number of benzene rings is 2. The molecule has 8 heteroatoms. The van der Waals surface area contributed by atoms with E-state index in [1.54, 1.807) is 30.3 Å². The summed E-state index contributed by atoms with van der Waals surface area (Å²) in [6, 6.07) is 11.8. The second-order valence-corrected chi connectivity index (χ2v) is 8.51. The third-order valence-corrected chi connectivity index (χ3v) is 5.98. The molecule has 0 unspecified atom stereocenters. The molecule has 1 amide bonds. The molecule has 0 bridgehead atoms. The van der Waals surface area contributed by atoms with Crippen LogP contribution in [0.5, 0.6) is 0 Å². The number of rotatable bonds is 2. The van der Waals surface area contributed by atoms with Gasteiger partial charge < -0.3 is 4.42 Å². The van der Waals surface area contributed by atoms with Crippen molar-refractivity contribution in [2.24, 2.45) is 0 Å². The summed E-state index contributed by atoms with van der Waals surface area (Å²) < 4.78 is 5.93. The molecule has 2 aromatic carbocycles. The van der Waals surface area contributed by atoms with Gasteiger partial charge in [0.05, 0.1) is 17.0 Å². The second-order valence-electron chi connectivity index (χ2n) is 6.91. The Kier molecular flexibility index (Phi) is 4.04. The number of anilines is 1. The molecule has 3 heterocycles. The van der Waals surface area contributed by atoms with Crippen molar-refractivity contribution in [2.45, 2.75) is 19.9 Å². The molecule has 0 spiro atoms. The van der Waals surface area contributed by atoms with Crippen molar-refractivity contribution in [1.29, 1.82) is 0 Å². The van der Waals surface area contributed by atoms with Crippen molar-refractivity contribution < 1.29 is 9.21 Å². The Morgan fingerprint density at radius 1 is 1.10 bits per heavy atom. The van der Waals surface area contributed by atoms with Crippen molar-refractivity contribution in [3.63, 3.8) is 0 Å². The lowest BCUT2D eigenvalue weighted by Gasteiger charge is -2.22. The first-order valence-corrected chi connectivity index (χ1v) is 10.1. The molecule has 0 N–H and O–H groups in total. The predicted octanol–water partition coefficient (Wildman–Crippen LogP) is 4.66. The summed E-state index contributed by atoms with van der Waals surface area (Å²) in [6.07, 6.45) is 0. The van der Waals surface area contributed by atoms with Crippen LogP contribution in [0.25, 0.3) is 11.0 Å². The molecule has 4 aromatic rings. The number of amides is 1. The summed E-state index contributed by atoms with van der Waals surface area (Å²) in [6.45, 7) is 3.71. The minimum atomic E-state index is -0.690. The van der Waals surface area contributed by atoms with Crippen LogP contribution in [0, 0.1) is 13.8 Å².